The number of halogens is 1. The van der Waals surface area contributed by atoms with E-state index in [4.69, 9.17) is 4.74 Å². The number of nitro groups is 1. The summed E-state index contributed by atoms with van der Waals surface area (Å²) < 4.78 is 5.36. The van der Waals surface area contributed by atoms with Gasteiger partial charge in [0.05, 0.1) is 17.6 Å². The van der Waals surface area contributed by atoms with Gasteiger partial charge >= 0.3 is 0 Å². The molecule has 0 aromatic heterocycles. The molecule has 0 saturated heterocycles. The molecule has 0 saturated carbocycles. The van der Waals surface area contributed by atoms with E-state index in [0.29, 0.717) is 16.7 Å². The normalized spacial score (nSPS) is 12.2. The van der Waals surface area contributed by atoms with Crippen LogP contribution in [0.5, 0.6) is 0 Å². The zero-order chi connectivity index (χ0) is 12.8. The van der Waals surface area contributed by atoms with Crippen LogP contribution in [0.4, 0.5) is 11.4 Å². The van der Waals surface area contributed by atoms with Crippen molar-refractivity contribution in [2.24, 2.45) is 0 Å². The van der Waals surface area contributed by atoms with Crippen LogP contribution >= 0.6 is 15.9 Å². The Kier molecular flexibility index (Phi) is 5.33. The first-order valence-corrected chi connectivity index (χ1v) is 5.68. The monoisotopic (exact) mass is 304 g/mol. The lowest BCUT2D eigenvalue weighted by Crippen LogP contribution is -2.24. The minimum Gasteiger partial charge on any atom is -0.389 e. The number of aliphatic hydroxyl groups excluding tert-OH is 1. The highest BCUT2D eigenvalue weighted by atomic mass is 79.9. The molecule has 0 aliphatic rings. The van der Waals surface area contributed by atoms with Crippen LogP contribution in [0.1, 0.15) is 0 Å². The van der Waals surface area contributed by atoms with Crippen molar-refractivity contribution in [1.82, 2.24) is 0 Å². The predicted octanol–water partition coefficient (Wildman–Crippen LogP) is 1.78. The van der Waals surface area contributed by atoms with E-state index in [9.17, 15) is 15.2 Å². The van der Waals surface area contributed by atoms with E-state index >= 15 is 0 Å². The highest BCUT2D eigenvalue weighted by Gasteiger charge is 2.10. The van der Waals surface area contributed by atoms with E-state index in [1.807, 2.05) is 0 Å². The summed E-state index contributed by atoms with van der Waals surface area (Å²) in [5.74, 6) is 0. The van der Waals surface area contributed by atoms with Crippen LogP contribution in [0.3, 0.4) is 0 Å². The molecule has 1 atom stereocenters. The summed E-state index contributed by atoms with van der Waals surface area (Å²) in [5.41, 5.74) is 0.700. The Morgan fingerprint density at radius 3 is 2.88 bits per heavy atom. The third kappa shape index (κ3) is 4.29. The van der Waals surface area contributed by atoms with Crippen molar-refractivity contribution in [3.05, 3.63) is 32.8 Å². The van der Waals surface area contributed by atoms with E-state index in [2.05, 4.69) is 21.2 Å². The molecular weight excluding hydrogens is 292 g/mol. The second kappa shape index (κ2) is 6.53. The molecule has 1 unspecified atom stereocenters. The smallest absolute Gasteiger partial charge is 0.270 e. The number of ether oxygens (including phenoxy) is 1. The quantitative estimate of drug-likeness (QED) is 0.618. The molecule has 7 heteroatoms. The maximum atomic E-state index is 10.5. The number of anilines is 1. The first kappa shape index (κ1) is 13.9. The minimum absolute atomic E-state index is 0.0138. The fraction of sp³-hybridized carbons (Fsp3) is 0.400. The SMILES string of the molecule is COCC(O)CNc1ccc([N+](=O)[O-])cc1Br. The molecule has 0 bridgehead atoms. The molecule has 0 amide bonds. The van der Waals surface area contributed by atoms with E-state index in [1.165, 1.54) is 19.2 Å². The molecule has 6 nitrogen and oxygen atoms in total. The van der Waals surface area contributed by atoms with Crippen molar-refractivity contribution in [3.8, 4) is 0 Å². The molecule has 0 radical (unpaired) electrons. The lowest BCUT2D eigenvalue weighted by molar-refractivity contribution is -0.384. The van der Waals surface area contributed by atoms with Gasteiger partial charge in [-0.2, -0.15) is 0 Å². The summed E-state index contributed by atoms with van der Waals surface area (Å²) in [6.07, 6.45) is -0.623. The number of nitrogens with zero attached hydrogens (tertiary/aromatic N) is 1. The average Bonchev–Trinajstić information content (AvgIpc) is 2.27. The van der Waals surface area contributed by atoms with Crippen LogP contribution in [0.25, 0.3) is 0 Å². The van der Waals surface area contributed by atoms with Crippen LogP contribution in [0.15, 0.2) is 22.7 Å². The number of hydrogen-bond donors (Lipinski definition) is 2. The van der Waals surface area contributed by atoms with Crippen LogP contribution in [-0.4, -0.2) is 36.4 Å². The van der Waals surface area contributed by atoms with E-state index in [1.54, 1.807) is 6.07 Å². The van der Waals surface area contributed by atoms with Crippen molar-refractivity contribution in [2.45, 2.75) is 6.10 Å². The summed E-state index contributed by atoms with van der Waals surface area (Å²) >= 11 is 3.22. The van der Waals surface area contributed by atoms with Gasteiger partial charge in [-0.1, -0.05) is 0 Å². The maximum absolute atomic E-state index is 10.5. The Hall–Kier alpha value is -1.18. The lowest BCUT2D eigenvalue weighted by Gasteiger charge is -2.12. The van der Waals surface area contributed by atoms with E-state index in [0.717, 1.165) is 0 Å². The molecule has 0 heterocycles. The number of nitrogens with one attached hydrogen (secondary N) is 1. The summed E-state index contributed by atoms with van der Waals surface area (Å²) in [7, 11) is 1.50. The second-order valence-electron chi connectivity index (χ2n) is 3.41. The minimum atomic E-state index is -0.623. The van der Waals surface area contributed by atoms with Crippen molar-refractivity contribution in [3.63, 3.8) is 0 Å². The van der Waals surface area contributed by atoms with Gasteiger partial charge in [-0.25, -0.2) is 0 Å². The van der Waals surface area contributed by atoms with Gasteiger partial charge < -0.3 is 15.2 Å². The second-order valence-corrected chi connectivity index (χ2v) is 4.27. The number of nitro benzene ring substituents is 1. The predicted molar refractivity (Wildman–Crippen MR) is 67.2 cm³/mol. The zero-order valence-corrected chi connectivity index (χ0v) is 10.8. The molecule has 0 aliphatic carbocycles. The van der Waals surface area contributed by atoms with Crippen LogP contribution < -0.4 is 5.32 Å². The van der Waals surface area contributed by atoms with Crippen LogP contribution in [-0.2, 0) is 4.74 Å². The van der Waals surface area contributed by atoms with Gasteiger partial charge in [0.2, 0.25) is 0 Å². The molecule has 17 heavy (non-hydrogen) atoms. The molecule has 1 aromatic carbocycles. The highest BCUT2D eigenvalue weighted by molar-refractivity contribution is 9.10. The first-order chi connectivity index (χ1) is 8.04. The summed E-state index contributed by atoms with van der Waals surface area (Å²) in [6.45, 7) is 0.544. The number of methoxy groups -OCH3 is 1. The van der Waals surface area contributed by atoms with Gasteiger partial charge in [0.15, 0.2) is 0 Å². The van der Waals surface area contributed by atoms with Crippen molar-refractivity contribution >= 4 is 27.3 Å². The van der Waals surface area contributed by atoms with Gasteiger partial charge in [-0.3, -0.25) is 10.1 Å². The summed E-state index contributed by atoms with van der Waals surface area (Å²) in [6, 6.07) is 4.39. The lowest BCUT2D eigenvalue weighted by atomic mass is 10.2. The summed E-state index contributed by atoms with van der Waals surface area (Å²) in [4.78, 5) is 10.1. The molecule has 0 fully saturated rings. The summed E-state index contributed by atoms with van der Waals surface area (Å²) in [5, 5.41) is 22.9. The van der Waals surface area contributed by atoms with E-state index in [-0.39, 0.29) is 12.3 Å². The maximum Gasteiger partial charge on any atom is 0.270 e. The first-order valence-electron chi connectivity index (χ1n) is 4.89. The fourth-order valence-corrected chi connectivity index (χ4v) is 1.75. The van der Waals surface area contributed by atoms with Gasteiger partial charge in [0.25, 0.3) is 5.69 Å². The average molecular weight is 305 g/mol. The molecule has 0 aliphatic heterocycles. The Labute approximate surface area is 107 Å². The molecule has 94 valence electrons. The fourth-order valence-electron chi connectivity index (χ4n) is 1.24. The van der Waals surface area contributed by atoms with Gasteiger partial charge in [0, 0.05) is 35.9 Å². The molecular formula is C10H13BrN2O4. The van der Waals surface area contributed by atoms with Crippen molar-refractivity contribution in [1.29, 1.82) is 0 Å². The number of non-ortho nitro benzene ring substituents is 1. The number of aliphatic hydroxyl groups is 1. The Morgan fingerprint density at radius 1 is 1.65 bits per heavy atom. The Balaban J connectivity index is 2.63. The standard InChI is InChI=1S/C10H13BrN2O4/c1-17-6-8(14)5-12-10-3-2-7(13(15)16)4-9(10)11/h2-4,8,12,14H,5-6H2,1H3. The van der Waals surface area contributed by atoms with Crippen molar-refractivity contribution < 1.29 is 14.8 Å². The number of rotatable bonds is 6. The third-order valence-electron chi connectivity index (χ3n) is 2.05. The van der Waals surface area contributed by atoms with Crippen molar-refractivity contribution in [2.75, 3.05) is 25.6 Å². The molecule has 1 rings (SSSR count). The molecule has 2 N–H and O–H groups in total. The Bertz CT molecular complexity index is 400. The molecule has 0 spiro atoms. The number of benzene rings is 1. The third-order valence-corrected chi connectivity index (χ3v) is 2.71. The molecule has 1 aromatic rings. The van der Waals surface area contributed by atoms with Gasteiger partial charge in [0.1, 0.15) is 0 Å². The largest absolute Gasteiger partial charge is 0.389 e. The van der Waals surface area contributed by atoms with Crippen LogP contribution in [0, 0.1) is 10.1 Å². The van der Waals surface area contributed by atoms with Gasteiger partial charge in [-0.05, 0) is 22.0 Å². The zero-order valence-electron chi connectivity index (χ0n) is 9.22. The van der Waals surface area contributed by atoms with E-state index < -0.39 is 11.0 Å². The van der Waals surface area contributed by atoms with Crippen LogP contribution in [0.2, 0.25) is 0 Å². The highest BCUT2D eigenvalue weighted by Crippen LogP contribution is 2.26. The topological polar surface area (TPSA) is 84.6 Å². The van der Waals surface area contributed by atoms with Gasteiger partial charge in [-0.15, -0.1) is 0 Å². The number of hydrogen-bond acceptors (Lipinski definition) is 5. The Morgan fingerprint density at radius 2 is 2.35 bits per heavy atom.